The molecule has 3 atom stereocenters. The van der Waals surface area contributed by atoms with E-state index in [2.05, 4.69) is 49.9 Å². The van der Waals surface area contributed by atoms with Crippen molar-refractivity contribution in [3.05, 3.63) is 35.4 Å². The van der Waals surface area contributed by atoms with Crippen molar-refractivity contribution < 1.29 is 0 Å². The van der Waals surface area contributed by atoms with Crippen LogP contribution >= 0.6 is 0 Å². The Labute approximate surface area is 118 Å². The van der Waals surface area contributed by atoms with Gasteiger partial charge >= 0.3 is 0 Å². The second-order valence-corrected chi connectivity index (χ2v) is 6.17. The van der Waals surface area contributed by atoms with E-state index in [0.717, 1.165) is 12.3 Å². The maximum absolute atomic E-state index is 6.43. The molecule has 2 N–H and O–H groups in total. The summed E-state index contributed by atoms with van der Waals surface area (Å²) in [6.07, 6.45) is 3.70. The smallest absolute Gasteiger partial charge is 0.0499 e. The summed E-state index contributed by atoms with van der Waals surface area (Å²) in [4.78, 5) is 2.61. The molecule has 19 heavy (non-hydrogen) atoms. The lowest BCUT2D eigenvalue weighted by Crippen LogP contribution is -2.45. The summed E-state index contributed by atoms with van der Waals surface area (Å²) in [5.41, 5.74) is 9.16. The van der Waals surface area contributed by atoms with Crippen molar-refractivity contribution in [2.45, 2.75) is 52.1 Å². The van der Waals surface area contributed by atoms with Crippen LogP contribution in [0, 0.1) is 12.8 Å². The van der Waals surface area contributed by atoms with Gasteiger partial charge in [-0.3, -0.25) is 4.90 Å². The van der Waals surface area contributed by atoms with Crippen LogP contribution in [0.5, 0.6) is 0 Å². The van der Waals surface area contributed by atoms with E-state index in [1.165, 1.54) is 37.1 Å². The van der Waals surface area contributed by atoms with Crippen molar-refractivity contribution in [2.75, 3.05) is 13.1 Å². The maximum atomic E-state index is 6.43. The van der Waals surface area contributed by atoms with Crippen molar-refractivity contribution in [2.24, 2.45) is 11.7 Å². The number of hydrogen-bond donors (Lipinski definition) is 1. The summed E-state index contributed by atoms with van der Waals surface area (Å²) < 4.78 is 0. The Hall–Kier alpha value is -0.860. The van der Waals surface area contributed by atoms with Gasteiger partial charge in [0.1, 0.15) is 0 Å². The third kappa shape index (κ3) is 3.58. The highest BCUT2D eigenvalue weighted by Crippen LogP contribution is 2.30. The monoisotopic (exact) mass is 260 g/mol. The Morgan fingerprint density at radius 2 is 2.21 bits per heavy atom. The second-order valence-electron chi connectivity index (χ2n) is 6.17. The lowest BCUT2D eigenvalue weighted by molar-refractivity contribution is 0.111. The summed E-state index contributed by atoms with van der Waals surface area (Å²) in [7, 11) is 0. The Balaban J connectivity index is 2.25. The molecule has 1 heterocycles. The number of nitrogens with two attached hydrogens (primary N) is 1. The summed E-state index contributed by atoms with van der Waals surface area (Å²) in [6.45, 7) is 9.09. The number of rotatable bonds is 4. The van der Waals surface area contributed by atoms with Crippen molar-refractivity contribution in [3.8, 4) is 0 Å². The fourth-order valence-corrected chi connectivity index (χ4v) is 3.28. The normalized spacial score (nSPS) is 24.1. The highest BCUT2D eigenvalue weighted by molar-refractivity contribution is 5.26. The first kappa shape index (κ1) is 14.5. The first-order valence-corrected chi connectivity index (χ1v) is 7.68. The van der Waals surface area contributed by atoms with E-state index in [1.54, 1.807) is 0 Å². The third-order valence-corrected chi connectivity index (χ3v) is 4.34. The Kier molecular flexibility index (Phi) is 5.00. The molecule has 0 aromatic heterocycles. The van der Waals surface area contributed by atoms with Crippen molar-refractivity contribution in [1.82, 2.24) is 4.90 Å². The molecule has 1 saturated heterocycles. The third-order valence-electron chi connectivity index (χ3n) is 4.34. The van der Waals surface area contributed by atoms with E-state index in [0.29, 0.717) is 6.04 Å². The van der Waals surface area contributed by atoms with Gasteiger partial charge in [0.15, 0.2) is 0 Å². The minimum atomic E-state index is 0.229. The number of aryl methyl sites for hydroxylation is 1. The SMILES string of the molecule is CCC(N)C(c1cccc(C)c1)N1CCCC(C)C1. The lowest BCUT2D eigenvalue weighted by atomic mass is 9.91. The van der Waals surface area contributed by atoms with Crippen molar-refractivity contribution in [1.29, 1.82) is 0 Å². The van der Waals surface area contributed by atoms with Crippen LogP contribution in [0.4, 0.5) is 0 Å². The molecule has 2 nitrogen and oxygen atoms in total. The summed E-state index contributed by atoms with van der Waals surface area (Å²) >= 11 is 0. The molecular weight excluding hydrogens is 232 g/mol. The minimum absolute atomic E-state index is 0.229. The molecule has 2 rings (SSSR count). The predicted molar refractivity (Wildman–Crippen MR) is 82.2 cm³/mol. The van der Waals surface area contributed by atoms with Crippen LogP contribution in [0.25, 0.3) is 0 Å². The predicted octanol–water partition coefficient (Wildman–Crippen LogP) is 3.51. The first-order valence-electron chi connectivity index (χ1n) is 7.68. The zero-order valence-corrected chi connectivity index (χ0v) is 12.6. The van der Waals surface area contributed by atoms with Gasteiger partial charge in [-0.15, -0.1) is 0 Å². The van der Waals surface area contributed by atoms with E-state index < -0.39 is 0 Å². The minimum Gasteiger partial charge on any atom is -0.326 e. The van der Waals surface area contributed by atoms with E-state index in [1.807, 2.05) is 0 Å². The van der Waals surface area contributed by atoms with Crippen LogP contribution in [0.3, 0.4) is 0 Å². The number of likely N-dealkylation sites (tertiary alicyclic amines) is 1. The van der Waals surface area contributed by atoms with Gasteiger partial charge < -0.3 is 5.73 Å². The van der Waals surface area contributed by atoms with Gasteiger partial charge in [-0.25, -0.2) is 0 Å². The molecule has 0 saturated carbocycles. The topological polar surface area (TPSA) is 29.3 Å². The van der Waals surface area contributed by atoms with Gasteiger partial charge in [0.05, 0.1) is 0 Å². The van der Waals surface area contributed by atoms with Crippen LogP contribution < -0.4 is 5.73 Å². The largest absolute Gasteiger partial charge is 0.326 e. The number of benzene rings is 1. The molecule has 0 aliphatic carbocycles. The average Bonchev–Trinajstić information content (AvgIpc) is 2.39. The van der Waals surface area contributed by atoms with Crippen molar-refractivity contribution in [3.63, 3.8) is 0 Å². The van der Waals surface area contributed by atoms with E-state index in [4.69, 9.17) is 5.73 Å². The Bertz CT molecular complexity index is 402. The molecule has 0 radical (unpaired) electrons. The average molecular weight is 260 g/mol. The van der Waals surface area contributed by atoms with Crippen LogP contribution in [0.2, 0.25) is 0 Å². The molecular formula is C17H28N2. The fraction of sp³-hybridized carbons (Fsp3) is 0.647. The second kappa shape index (κ2) is 6.53. The fourth-order valence-electron chi connectivity index (χ4n) is 3.28. The molecule has 0 spiro atoms. The van der Waals surface area contributed by atoms with Crippen molar-refractivity contribution >= 4 is 0 Å². The highest BCUT2D eigenvalue weighted by atomic mass is 15.2. The zero-order chi connectivity index (χ0) is 13.8. The number of piperidine rings is 1. The summed E-state index contributed by atoms with van der Waals surface area (Å²) in [5, 5.41) is 0. The maximum Gasteiger partial charge on any atom is 0.0499 e. The quantitative estimate of drug-likeness (QED) is 0.897. The van der Waals surface area contributed by atoms with Gasteiger partial charge in [0, 0.05) is 18.6 Å². The van der Waals surface area contributed by atoms with Gasteiger partial charge in [-0.1, -0.05) is 43.7 Å². The number of hydrogen-bond acceptors (Lipinski definition) is 2. The Morgan fingerprint density at radius 3 is 2.84 bits per heavy atom. The molecule has 1 aliphatic heterocycles. The molecule has 106 valence electrons. The number of nitrogens with zero attached hydrogens (tertiary/aromatic N) is 1. The molecule has 3 unspecified atom stereocenters. The van der Waals surface area contributed by atoms with Crippen LogP contribution in [-0.4, -0.2) is 24.0 Å². The lowest BCUT2D eigenvalue weighted by Gasteiger charge is -2.40. The Morgan fingerprint density at radius 1 is 1.42 bits per heavy atom. The summed E-state index contributed by atoms with van der Waals surface area (Å²) in [6, 6.07) is 9.48. The molecule has 1 aliphatic rings. The standard InChI is InChI=1S/C17H28N2/c1-4-16(18)17(15-9-5-7-13(2)11-15)19-10-6-8-14(3)12-19/h5,7,9,11,14,16-17H,4,6,8,10,12,18H2,1-3H3. The van der Waals surface area contributed by atoms with Gasteiger partial charge in [0.25, 0.3) is 0 Å². The zero-order valence-electron chi connectivity index (χ0n) is 12.6. The molecule has 1 aromatic rings. The molecule has 2 heteroatoms. The molecule has 1 aromatic carbocycles. The highest BCUT2D eigenvalue weighted by Gasteiger charge is 2.28. The van der Waals surface area contributed by atoms with Gasteiger partial charge in [-0.2, -0.15) is 0 Å². The van der Waals surface area contributed by atoms with Crippen LogP contribution in [0.1, 0.15) is 50.3 Å². The molecule has 0 bridgehead atoms. The van der Waals surface area contributed by atoms with Gasteiger partial charge in [-0.05, 0) is 44.2 Å². The van der Waals surface area contributed by atoms with E-state index >= 15 is 0 Å². The van der Waals surface area contributed by atoms with E-state index in [9.17, 15) is 0 Å². The van der Waals surface area contributed by atoms with Crippen LogP contribution in [0.15, 0.2) is 24.3 Å². The molecule has 0 amide bonds. The van der Waals surface area contributed by atoms with E-state index in [-0.39, 0.29) is 6.04 Å². The van der Waals surface area contributed by atoms with Gasteiger partial charge in [0.2, 0.25) is 0 Å². The summed E-state index contributed by atoms with van der Waals surface area (Å²) in [5.74, 6) is 0.796. The van der Waals surface area contributed by atoms with Crippen LogP contribution in [-0.2, 0) is 0 Å². The molecule has 1 fully saturated rings. The first-order chi connectivity index (χ1) is 9.11.